The predicted octanol–water partition coefficient (Wildman–Crippen LogP) is 3.99. The molecular weight excluding hydrogens is 340 g/mol. The standard InChI is InChI=1S/C20H22N6O/c1-14(27)22-16-5-4-6-17(13-16)23-19-11-12-21-20(25-19)24-15-7-9-18(10-8-15)26(2)3/h4-13H,1-3H3,(H,22,27)(H2,21,23,24,25). The minimum Gasteiger partial charge on any atom is -0.378 e. The Morgan fingerprint density at radius 1 is 0.926 bits per heavy atom. The van der Waals surface area contributed by atoms with Crippen molar-refractivity contribution in [2.75, 3.05) is 34.9 Å². The van der Waals surface area contributed by atoms with E-state index in [2.05, 4.69) is 25.9 Å². The summed E-state index contributed by atoms with van der Waals surface area (Å²) in [7, 11) is 4.00. The number of benzene rings is 2. The summed E-state index contributed by atoms with van der Waals surface area (Å²) in [6.07, 6.45) is 1.68. The molecule has 0 bridgehead atoms. The van der Waals surface area contributed by atoms with Crippen molar-refractivity contribution in [3.05, 3.63) is 60.8 Å². The molecule has 138 valence electrons. The van der Waals surface area contributed by atoms with Crippen molar-refractivity contribution in [1.82, 2.24) is 9.97 Å². The summed E-state index contributed by atoms with van der Waals surface area (Å²) >= 11 is 0. The molecule has 7 heteroatoms. The second-order valence-electron chi connectivity index (χ2n) is 6.22. The number of carbonyl (C=O) groups excluding carboxylic acids is 1. The van der Waals surface area contributed by atoms with Gasteiger partial charge in [0, 0.05) is 50.0 Å². The number of amides is 1. The second kappa shape index (κ2) is 8.18. The molecule has 3 N–H and O–H groups in total. The Hall–Kier alpha value is -3.61. The maximum Gasteiger partial charge on any atom is 0.229 e. The Balaban J connectivity index is 1.71. The lowest BCUT2D eigenvalue weighted by Crippen LogP contribution is -2.08. The monoisotopic (exact) mass is 362 g/mol. The maximum atomic E-state index is 11.2. The largest absolute Gasteiger partial charge is 0.378 e. The second-order valence-corrected chi connectivity index (χ2v) is 6.22. The van der Waals surface area contributed by atoms with Gasteiger partial charge in [0.05, 0.1) is 0 Å². The molecule has 0 fully saturated rings. The SMILES string of the molecule is CC(=O)Nc1cccc(Nc2ccnc(Nc3ccc(N(C)C)cc3)n2)c1. The summed E-state index contributed by atoms with van der Waals surface area (Å²) in [5.74, 6) is 1.04. The van der Waals surface area contributed by atoms with E-state index in [9.17, 15) is 4.79 Å². The van der Waals surface area contributed by atoms with Crippen LogP contribution in [0, 0.1) is 0 Å². The van der Waals surface area contributed by atoms with Crippen molar-refractivity contribution in [2.45, 2.75) is 6.92 Å². The molecule has 0 aliphatic rings. The van der Waals surface area contributed by atoms with E-state index in [0.717, 1.165) is 22.7 Å². The molecule has 0 aliphatic carbocycles. The topological polar surface area (TPSA) is 82.2 Å². The molecule has 2 aromatic carbocycles. The highest BCUT2D eigenvalue weighted by atomic mass is 16.1. The third-order valence-electron chi connectivity index (χ3n) is 3.75. The molecule has 7 nitrogen and oxygen atoms in total. The van der Waals surface area contributed by atoms with Crippen molar-refractivity contribution in [2.24, 2.45) is 0 Å². The summed E-state index contributed by atoms with van der Waals surface area (Å²) < 4.78 is 0. The van der Waals surface area contributed by atoms with E-state index < -0.39 is 0 Å². The highest BCUT2D eigenvalue weighted by Crippen LogP contribution is 2.21. The van der Waals surface area contributed by atoms with Crippen LogP contribution in [0.3, 0.4) is 0 Å². The van der Waals surface area contributed by atoms with Gasteiger partial charge in [-0.1, -0.05) is 6.07 Å². The molecule has 0 spiro atoms. The van der Waals surface area contributed by atoms with Gasteiger partial charge in [-0.05, 0) is 48.5 Å². The Morgan fingerprint density at radius 2 is 1.67 bits per heavy atom. The molecule has 0 saturated heterocycles. The lowest BCUT2D eigenvalue weighted by Gasteiger charge is -2.13. The van der Waals surface area contributed by atoms with Crippen LogP contribution in [0.15, 0.2) is 60.8 Å². The number of hydrogen-bond donors (Lipinski definition) is 3. The van der Waals surface area contributed by atoms with Crippen molar-refractivity contribution in [3.63, 3.8) is 0 Å². The first-order valence-electron chi connectivity index (χ1n) is 8.52. The fourth-order valence-electron chi connectivity index (χ4n) is 2.49. The number of nitrogens with zero attached hydrogens (tertiary/aromatic N) is 3. The van der Waals surface area contributed by atoms with Crippen LogP contribution in [0.25, 0.3) is 0 Å². The average molecular weight is 362 g/mol. The zero-order valence-corrected chi connectivity index (χ0v) is 15.5. The molecule has 27 heavy (non-hydrogen) atoms. The zero-order chi connectivity index (χ0) is 19.2. The third-order valence-corrected chi connectivity index (χ3v) is 3.75. The maximum absolute atomic E-state index is 11.2. The van der Waals surface area contributed by atoms with Gasteiger partial charge in [0.1, 0.15) is 5.82 Å². The number of nitrogens with one attached hydrogen (secondary N) is 3. The van der Waals surface area contributed by atoms with Crippen LogP contribution < -0.4 is 20.9 Å². The van der Waals surface area contributed by atoms with Crippen LogP contribution in [-0.4, -0.2) is 30.0 Å². The van der Waals surface area contributed by atoms with E-state index in [1.54, 1.807) is 12.3 Å². The van der Waals surface area contributed by atoms with Gasteiger partial charge in [0.15, 0.2) is 0 Å². The van der Waals surface area contributed by atoms with Gasteiger partial charge in [0.25, 0.3) is 0 Å². The van der Waals surface area contributed by atoms with Gasteiger partial charge in [-0.2, -0.15) is 4.98 Å². The first-order valence-corrected chi connectivity index (χ1v) is 8.52. The van der Waals surface area contributed by atoms with Gasteiger partial charge in [-0.3, -0.25) is 4.79 Å². The first-order chi connectivity index (χ1) is 13.0. The quantitative estimate of drug-likeness (QED) is 0.615. The van der Waals surface area contributed by atoms with E-state index in [1.807, 2.05) is 67.5 Å². The Morgan fingerprint density at radius 3 is 2.37 bits per heavy atom. The van der Waals surface area contributed by atoms with Crippen LogP contribution in [-0.2, 0) is 4.79 Å². The number of anilines is 6. The smallest absolute Gasteiger partial charge is 0.229 e. The molecule has 0 atom stereocenters. The molecule has 0 aliphatic heterocycles. The predicted molar refractivity (Wildman–Crippen MR) is 110 cm³/mol. The van der Waals surface area contributed by atoms with E-state index >= 15 is 0 Å². The lowest BCUT2D eigenvalue weighted by molar-refractivity contribution is -0.114. The molecule has 0 radical (unpaired) electrons. The van der Waals surface area contributed by atoms with E-state index in [-0.39, 0.29) is 5.91 Å². The van der Waals surface area contributed by atoms with Crippen molar-refractivity contribution >= 4 is 40.4 Å². The molecule has 1 aromatic heterocycles. The van der Waals surface area contributed by atoms with Gasteiger partial charge in [-0.25, -0.2) is 4.98 Å². The Kier molecular flexibility index (Phi) is 5.51. The highest BCUT2D eigenvalue weighted by molar-refractivity contribution is 5.89. The minimum absolute atomic E-state index is 0.110. The van der Waals surface area contributed by atoms with Crippen molar-refractivity contribution < 1.29 is 4.79 Å². The van der Waals surface area contributed by atoms with Crippen molar-refractivity contribution in [3.8, 4) is 0 Å². The summed E-state index contributed by atoms with van der Waals surface area (Å²) in [6.45, 7) is 1.48. The summed E-state index contributed by atoms with van der Waals surface area (Å²) in [5.41, 5.74) is 3.57. The third kappa shape index (κ3) is 5.18. The van der Waals surface area contributed by atoms with Crippen LogP contribution in [0.1, 0.15) is 6.92 Å². The Labute approximate surface area is 158 Å². The molecule has 1 heterocycles. The number of aromatic nitrogens is 2. The fraction of sp³-hybridized carbons (Fsp3) is 0.150. The van der Waals surface area contributed by atoms with E-state index in [4.69, 9.17) is 0 Å². The summed E-state index contributed by atoms with van der Waals surface area (Å²) in [6, 6.07) is 17.2. The zero-order valence-electron chi connectivity index (χ0n) is 15.5. The summed E-state index contributed by atoms with van der Waals surface area (Å²) in [5, 5.41) is 9.17. The molecule has 3 rings (SSSR count). The number of hydrogen-bond acceptors (Lipinski definition) is 6. The number of rotatable bonds is 6. The van der Waals surface area contributed by atoms with Crippen LogP contribution in [0.4, 0.5) is 34.5 Å². The molecule has 3 aromatic rings. The van der Waals surface area contributed by atoms with Crippen LogP contribution in [0.5, 0.6) is 0 Å². The molecule has 0 saturated carbocycles. The average Bonchev–Trinajstić information content (AvgIpc) is 2.62. The molecule has 0 unspecified atom stereocenters. The number of carbonyl (C=O) groups is 1. The summed E-state index contributed by atoms with van der Waals surface area (Å²) in [4.78, 5) is 22.0. The van der Waals surface area contributed by atoms with E-state index in [0.29, 0.717) is 11.8 Å². The van der Waals surface area contributed by atoms with Crippen molar-refractivity contribution in [1.29, 1.82) is 0 Å². The Bertz CT molecular complexity index is 924. The highest BCUT2D eigenvalue weighted by Gasteiger charge is 2.03. The lowest BCUT2D eigenvalue weighted by atomic mass is 10.2. The first kappa shape index (κ1) is 18.2. The molecule has 1 amide bonds. The van der Waals surface area contributed by atoms with Gasteiger partial charge in [0.2, 0.25) is 11.9 Å². The van der Waals surface area contributed by atoms with Gasteiger partial charge < -0.3 is 20.9 Å². The normalized spacial score (nSPS) is 10.2. The van der Waals surface area contributed by atoms with Crippen LogP contribution >= 0.6 is 0 Å². The van der Waals surface area contributed by atoms with Gasteiger partial charge in [-0.15, -0.1) is 0 Å². The minimum atomic E-state index is -0.110. The fourth-order valence-corrected chi connectivity index (χ4v) is 2.49. The van der Waals surface area contributed by atoms with Crippen LogP contribution in [0.2, 0.25) is 0 Å². The molecular formula is C20H22N6O. The van der Waals surface area contributed by atoms with Gasteiger partial charge >= 0.3 is 0 Å². The van der Waals surface area contributed by atoms with E-state index in [1.165, 1.54) is 6.92 Å².